The number of carbonyl (C=O) groups is 1. The second-order valence-electron chi connectivity index (χ2n) is 5.49. The largest absolute Gasteiger partial charge is 0.424 e. The fourth-order valence-corrected chi connectivity index (χ4v) is 3.70. The van der Waals surface area contributed by atoms with Gasteiger partial charge in [0.15, 0.2) is 13.9 Å². The number of benzene rings is 1. The van der Waals surface area contributed by atoms with Crippen LogP contribution in [0.5, 0.6) is 0 Å². The van der Waals surface area contributed by atoms with Gasteiger partial charge < -0.3 is 0 Å². The molecule has 0 aliphatic rings. The van der Waals surface area contributed by atoms with Gasteiger partial charge in [-0.1, -0.05) is 31.8 Å². The smallest absolute Gasteiger partial charge is 0.293 e. The molecule has 0 fully saturated rings. The number of nitrogens with one attached hydrogen (secondary N) is 1. The predicted octanol–water partition coefficient (Wildman–Crippen LogP) is 1.21. The summed E-state index contributed by atoms with van der Waals surface area (Å²) in [5.74, 6) is -0.305. The number of Topliss-reactive ketones (excluding diaryl/α,β-unsaturated/α-hetero) is 1. The Labute approximate surface area is 122 Å². The van der Waals surface area contributed by atoms with Crippen molar-refractivity contribution in [3.05, 3.63) is 40.2 Å². The van der Waals surface area contributed by atoms with E-state index in [1.54, 1.807) is 28.9 Å². The first-order valence-electron chi connectivity index (χ1n) is 6.19. The van der Waals surface area contributed by atoms with Crippen LogP contribution in [-0.2, 0) is 0 Å². The van der Waals surface area contributed by atoms with Crippen molar-refractivity contribution >= 4 is 30.8 Å². The van der Waals surface area contributed by atoms with Crippen LogP contribution in [0.25, 0.3) is 5.69 Å². The summed E-state index contributed by atoms with van der Waals surface area (Å²) in [6.45, 7) is 6.11. The number of aromatic amines is 1. The fraction of sp³-hybridized carbons (Fsp3) is 0.308. The summed E-state index contributed by atoms with van der Waals surface area (Å²) in [4.78, 5) is 23.8. The van der Waals surface area contributed by atoms with Gasteiger partial charge >= 0.3 is 5.63 Å². The van der Waals surface area contributed by atoms with Gasteiger partial charge in [0.25, 0.3) is 5.32 Å². The molecule has 5 nitrogen and oxygen atoms in total. The lowest BCUT2D eigenvalue weighted by Gasteiger charge is -2.08. The molecule has 0 spiro atoms. The van der Waals surface area contributed by atoms with E-state index < -0.39 is 13.7 Å². The number of rotatable bonds is 4. The first-order valence-corrected chi connectivity index (χ1v) is 10.2. The molecule has 2 aromatic rings. The molecule has 0 amide bonds. The molecule has 7 heteroatoms. The van der Waals surface area contributed by atoms with Gasteiger partial charge in [-0.2, -0.15) is 0 Å². The van der Waals surface area contributed by atoms with E-state index in [1.165, 1.54) is 0 Å². The number of aromatic nitrogens is 2. The summed E-state index contributed by atoms with van der Waals surface area (Å²) >= 11 is 5.64. The van der Waals surface area contributed by atoms with Crippen LogP contribution in [0, 0.1) is 0 Å². The van der Waals surface area contributed by atoms with E-state index in [0.29, 0.717) is 16.6 Å². The number of alkyl halides is 1. The first-order chi connectivity index (χ1) is 9.36. The van der Waals surface area contributed by atoms with E-state index in [4.69, 9.17) is 16.1 Å². The Bertz CT molecular complexity index is 700. The Morgan fingerprint density at radius 3 is 2.60 bits per heavy atom. The number of para-hydroxylation sites is 1. The molecule has 0 radical (unpaired) electrons. The highest BCUT2D eigenvalue weighted by Gasteiger charge is 2.37. The average Bonchev–Trinajstić information content (AvgIpc) is 2.79. The van der Waals surface area contributed by atoms with E-state index in [1.807, 2.05) is 19.6 Å². The normalized spacial score (nSPS) is 11.6. The van der Waals surface area contributed by atoms with Crippen LogP contribution in [0.1, 0.15) is 10.4 Å². The molecule has 0 saturated heterocycles. The van der Waals surface area contributed by atoms with Gasteiger partial charge in [-0.3, -0.25) is 9.32 Å². The van der Waals surface area contributed by atoms with Crippen molar-refractivity contribution in [2.75, 3.05) is 5.88 Å². The minimum absolute atomic E-state index is 0.109. The van der Waals surface area contributed by atoms with Crippen LogP contribution in [0.15, 0.2) is 33.6 Å². The van der Waals surface area contributed by atoms with Crippen molar-refractivity contribution in [3.8, 4) is 5.69 Å². The second-order valence-corrected chi connectivity index (χ2v) is 10.7. The van der Waals surface area contributed by atoms with E-state index in [0.717, 1.165) is 0 Å². The topological polar surface area (TPSA) is 67.0 Å². The van der Waals surface area contributed by atoms with E-state index in [2.05, 4.69) is 5.27 Å². The molecule has 1 aromatic carbocycles. The highest BCUT2D eigenvalue weighted by molar-refractivity contribution is 6.87. The number of hydrogen-bond donors (Lipinski definition) is 1. The molecular formula is C13H16ClN2O3Si+. The Kier molecular flexibility index (Phi) is 3.96. The zero-order valence-electron chi connectivity index (χ0n) is 11.6. The Morgan fingerprint density at radius 1 is 1.35 bits per heavy atom. The van der Waals surface area contributed by atoms with Gasteiger partial charge in [-0.05, 0) is 16.0 Å². The van der Waals surface area contributed by atoms with Crippen LogP contribution in [-0.4, -0.2) is 25.0 Å². The minimum Gasteiger partial charge on any atom is -0.293 e. The molecule has 0 saturated carbocycles. The van der Waals surface area contributed by atoms with Gasteiger partial charge in [0.1, 0.15) is 0 Å². The molecule has 106 valence electrons. The Balaban J connectivity index is 2.71. The summed E-state index contributed by atoms with van der Waals surface area (Å²) < 4.78 is 6.48. The van der Waals surface area contributed by atoms with Gasteiger partial charge in [0.05, 0.1) is 11.4 Å². The second kappa shape index (κ2) is 5.38. The van der Waals surface area contributed by atoms with E-state index in [9.17, 15) is 9.59 Å². The number of H-pyrrole nitrogens is 1. The third kappa shape index (κ3) is 2.61. The van der Waals surface area contributed by atoms with Gasteiger partial charge in [0, 0.05) is 6.07 Å². The number of ketones is 1. The lowest BCUT2D eigenvalue weighted by molar-refractivity contribution is -0.654. The van der Waals surface area contributed by atoms with E-state index >= 15 is 0 Å². The summed E-state index contributed by atoms with van der Waals surface area (Å²) in [5, 5.41) is 3.16. The highest BCUT2D eigenvalue weighted by atomic mass is 35.5. The van der Waals surface area contributed by atoms with Crippen molar-refractivity contribution in [2.45, 2.75) is 19.6 Å². The third-order valence-corrected chi connectivity index (χ3v) is 5.02. The average molecular weight is 312 g/mol. The monoisotopic (exact) mass is 311 g/mol. The first kappa shape index (κ1) is 14.7. The Hall–Kier alpha value is -1.66. The van der Waals surface area contributed by atoms with Crippen molar-refractivity contribution < 1.29 is 14.0 Å². The maximum atomic E-state index is 11.9. The highest BCUT2D eigenvalue weighted by Crippen LogP contribution is 2.10. The van der Waals surface area contributed by atoms with Gasteiger partial charge in [0.2, 0.25) is 5.69 Å². The van der Waals surface area contributed by atoms with Crippen molar-refractivity contribution in [3.63, 3.8) is 0 Å². The SMILES string of the molecule is C[Si](C)(C)c1c(=O)o[nH][n+]1-c1ccccc1C(=O)CCl. The molecular weight excluding hydrogens is 296 g/mol. The Morgan fingerprint density at radius 2 is 2.00 bits per heavy atom. The number of nitrogens with zero attached hydrogens (tertiary/aromatic N) is 1. The van der Waals surface area contributed by atoms with Crippen LogP contribution in [0.2, 0.25) is 19.6 Å². The maximum absolute atomic E-state index is 11.9. The zero-order valence-corrected chi connectivity index (χ0v) is 13.3. The molecule has 0 aliphatic carbocycles. The molecule has 0 unspecified atom stereocenters. The van der Waals surface area contributed by atoms with Gasteiger partial charge in [-0.25, -0.2) is 4.79 Å². The minimum atomic E-state index is -1.94. The lowest BCUT2D eigenvalue weighted by Crippen LogP contribution is -2.63. The van der Waals surface area contributed by atoms with Crippen molar-refractivity contribution in [1.29, 1.82) is 0 Å². The lowest BCUT2D eigenvalue weighted by atomic mass is 10.1. The van der Waals surface area contributed by atoms with Crippen molar-refractivity contribution in [1.82, 2.24) is 5.27 Å². The van der Waals surface area contributed by atoms with Crippen molar-refractivity contribution in [2.24, 2.45) is 0 Å². The molecule has 0 atom stereocenters. The molecule has 0 aliphatic heterocycles. The summed E-state index contributed by atoms with van der Waals surface area (Å²) in [6.07, 6.45) is 0. The fourth-order valence-electron chi connectivity index (χ4n) is 2.06. The summed E-state index contributed by atoms with van der Waals surface area (Å²) in [7, 11) is -1.94. The quantitative estimate of drug-likeness (QED) is 0.399. The molecule has 20 heavy (non-hydrogen) atoms. The maximum Gasteiger partial charge on any atom is 0.424 e. The molecule has 2 rings (SSSR count). The molecule has 1 aromatic heterocycles. The zero-order chi connectivity index (χ0) is 14.9. The summed E-state index contributed by atoms with van der Waals surface area (Å²) in [6, 6.07) is 7.00. The van der Waals surface area contributed by atoms with Gasteiger partial charge in [-0.15, -0.1) is 11.6 Å². The van der Waals surface area contributed by atoms with Crippen LogP contribution in [0.4, 0.5) is 0 Å². The van der Waals surface area contributed by atoms with Crippen LogP contribution >= 0.6 is 11.6 Å². The molecule has 1 N–H and O–H groups in total. The van der Waals surface area contributed by atoms with E-state index in [-0.39, 0.29) is 11.7 Å². The summed E-state index contributed by atoms with van der Waals surface area (Å²) in [5.41, 5.74) is 0.655. The number of halogens is 1. The third-order valence-electron chi connectivity index (χ3n) is 2.92. The predicted molar refractivity (Wildman–Crippen MR) is 78.9 cm³/mol. The van der Waals surface area contributed by atoms with Crippen LogP contribution in [0.3, 0.4) is 0 Å². The standard InChI is InChI=1S/C13H15ClN2O3Si/c1-20(2,3)12-13(18)19-15-16(12)10-7-5-4-6-9(10)11(17)8-14/h4-7H,8H2,1-3H3/p+1. The number of hydrogen-bond acceptors (Lipinski definition) is 3. The van der Waals surface area contributed by atoms with Crippen LogP contribution < -0.4 is 15.6 Å². The number of carbonyl (C=O) groups excluding carboxylic acids is 1. The molecule has 1 heterocycles. The molecule has 0 bridgehead atoms.